The quantitative estimate of drug-likeness (QED) is 0.137. The van der Waals surface area contributed by atoms with Crippen LogP contribution in [0.2, 0.25) is 0 Å². The van der Waals surface area contributed by atoms with Crippen molar-refractivity contribution in [1.29, 1.82) is 0 Å². The Bertz CT molecular complexity index is 473. The van der Waals surface area contributed by atoms with Gasteiger partial charge in [0.15, 0.2) is 0 Å². The number of ether oxygens (including phenoxy) is 1. The highest BCUT2D eigenvalue weighted by molar-refractivity contribution is 4.63. The second-order valence-electron chi connectivity index (χ2n) is 11.7. The molecule has 0 heterocycles. The molecule has 0 aromatic rings. The van der Waals surface area contributed by atoms with Crippen LogP contribution < -0.4 is 0 Å². The molecular weight excluding hydrogens is 510 g/mol. The highest BCUT2D eigenvalue weighted by Gasteiger charge is 2.08. The van der Waals surface area contributed by atoms with Crippen molar-refractivity contribution < 1.29 is 20.1 Å². The summed E-state index contributed by atoms with van der Waals surface area (Å²) in [7, 11) is 20.6. The first kappa shape index (κ1) is 44.0. The molecule has 11 heteroatoms. The zero-order chi connectivity index (χ0) is 31.3. The molecule has 0 aromatic heterocycles. The van der Waals surface area contributed by atoms with E-state index in [9.17, 15) is 5.11 Å². The number of likely N-dealkylation sites (N-methyl/N-ethyl adjacent to an activating group) is 4. The lowest BCUT2D eigenvalue weighted by Crippen LogP contribution is -2.35. The van der Waals surface area contributed by atoms with Gasteiger partial charge in [-0.2, -0.15) is 0 Å². The maximum Gasteiger partial charge on any atom is 0.0639 e. The Morgan fingerprint density at radius 3 is 1.27 bits per heavy atom. The lowest BCUT2D eigenvalue weighted by molar-refractivity contribution is 0.0940. The van der Waals surface area contributed by atoms with Gasteiger partial charge in [-0.05, 0) is 116 Å². The Morgan fingerprint density at radius 1 is 0.500 bits per heavy atom. The van der Waals surface area contributed by atoms with Crippen molar-refractivity contribution in [2.45, 2.75) is 25.9 Å². The van der Waals surface area contributed by atoms with Crippen LogP contribution in [0.15, 0.2) is 0 Å². The van der Waals surface area contributed by atoms with Crippen LogP contribution in [0.1, 0.15) is 19.8 Å². The van der Waals surface area contributed by atoms with Crippen molar-refractivity contribution in [1.82, 2.24) is 34.3 Å². The molecule has 0 aliphatic heterocycles. The Morgan fingerprint density at radius 2 is 0.900 bits per heavy atom. The summed E-state index contributed by atoms with van der Waals surface area (Å²) < 4.78 is 5.40. The van der Waals surface area contributed by atoms with E-state index < -0.39 is 0 Å². The average molecular weight is 582 g/mol. The fourth-order valence-corrected chi connectivity index (χ4v) is 3.39. The van der Waals surface area contributed by atoms with E-state index in [1.165, 1.54) is 12.8 Å². The highest BCUT2D eigenvalue weighted by atomic mass is 16.5. The van der Waals surface area contributed by atoms with Gasteiger partial charge in [0.05, 0.1) is 32.5 Å². The van der Waals surface area contributed by atoms with Crippen LogP contribution in [-0.2, 0) is 4.74 Å². The SMILES string of the molecule is CC(O)CN(CCCN(C)C)CCCN(C)C.CN(C)CCN(C)CCO.CN(C)CCOCCN(C)CCO. The van der Waals surface area contributed by atoms with E-state index in [-0.39, 0.29) is 19.3 Å². The summed E-state index contributed by atoms with van der Waals surface area (Å²) in [6, 6.07) is 0. The van der Waals surface area contributed by atoms with Crippen LogP contribution >= 0.6 is 0 Å². The third kappa shape index (κ3) is 42.0. The molecule has 0 bridgehead atoms. The minimum absolute atomic E-state index is 0.216. The van der Waals surface area contributed by atoms with Gasteiger partial charge < -0.3 is 54.4 Å². The third-order valence-electron chi connectivity index (χ3n) is 5.87. The van der Waals surface area contributed by atoms with Crippen LogP contribution in [-0.4, -0.2) is 225 Å². The lowest BCUT2D eigenvalue weighted by Gasteiger charge is -2.25. The van der Waals surface area contributed by atoms with Crippen molar-refractivity contribution in [2.24, 2.45) is 0 Å². The first-order chi connectivity index (χ1) is 18.7. The van der Waals surface area contributed by atoms with Gasteiger partial charge in [-0.1, -0.05) is 0 Å². The smallest absolute Gasteiger partial charge is 0.0639 e. The minimum atomic E-state index is -0.228. The summed E-state index contributed by atoms with van der Waals surface area (Å²) >= 11 is 0. The van der Waals surface area contributed by atoms with E-state index in [0.29, 0.717) is 0 Å². The van der Waals surface area contributed by atoms with E-state index in [4.69, 9.17) is 14.9 Å². The van der Waals surface area contributed by atoms with Crippen LogP contribution in [0.5, 0.6) is 0 Å². The summed E-state index contributed by atoms with van der Waals surface area (Å²) in [6.45, 7) is 14.4. The van der Waals surface area contributed by atoms with Crippen molar-refractivity contribution in [3.63, 3.8) is 0 Å². The molecule has 0 saturated carbocycles. The lowest BCUT2D eigenvalue weighted by atomic mass is 10.2. The summed E-state index contributed by atoms with van der Waals surface area (Å²) in [5, 5.41) is 26.6. The summed E-state index contributed by atoms with van der Waals surface area (Å²) in [5.74, 6) is 0. The number of hydrogen-bond donors (Lipinski definition) is 3. The van der Waals surface area contributed by atoms with Crippen molar-refractivity contribution >= 4 is 0 Å². The van der Waals surface area contributed by atoms with Crippen LogP contribution in [0.25, 0.3) is 0 Å². The molecule has 0 amide bonds. The number of nitrogens with zero attached hydrogens (tertiary/aromatic N) is 7. The first-order valence-electron chi connectivity index (χ1n) is 14.9. The maximum absolute atomic E-state index is 9.48. The average Bonchev–Trinajstić information content (AvgIpc) is 2.82. The maximum atomic E-state index is 9.48. The van der Waals surface area contributed by atoms with Gasteiger partial charge >= 0.3 is 0 Å². The molecule has 246 valence electrons. The fraction of sp³-hybridized carbons (Fsp3) is 1.00. The van der Waals surface area contributed by atoms with Gasteiger partial charge in [0.1, 0.15) is 0 Å². The summed E-state index contributed by atoms with van der Waals surface area (Å²) in [4.78, 5) is 15.2. The molecule has 0 saturated heterocycles. The Balaban J connectivity index is -0.000000533. The fourth-order valence-electron chi connectivity index (χ4n) is 3.39. The van der Waals surface area contributed by atoms with Gasteiger partial charge in [-0.25, -0.2) is 0 Å². The van der Waals surface area contributed by atoms with Crippen molar-refractivity contribution in [3.8, 4) is 0 Å². The zero-order valence-electron chi connectivity index (χ0n) is 28.5. The van der Waals surface area contributed by atoms with E-state index in [2.05, 4.69) is 62.5 Å². The number of aliphatic hydroxyl groups excluding tert-OH is 3. The molecule has 0 radical (unpaired) electrons. The normalized spacial score (nSPS) is 12.5. The molecule has 1 atom stereocenters. The highest BCUT2D eigenvalue weighted by Crippen LogP contribution is 1.98. The number of aliphatic hydroxyl groups is 3. The van der Waals surface area contributed by atoms with E-state index in [1.54, 1.807) is 0 Å². The largest absolute Gasteiger partial charge is 0.395 e. The summed E-state index contributed by atoms with van der Waals surface area (Å²) in [6.07, 6.45) is 2.11. The first-order valence-corrected chi connectivity index (χ1v) is 14.9. The van der Waals surface area contributed by atoms with Crippen LogP contribution in [0.4, 0.5) is 0 Å². The Hall–Kier alpha value is -0.440. The molecule has 0 aliphatic carbocycles. The molecule has 0 rings (SSSR count). The van der Waals surface area contributed by atoms with E-state index in [1.807, 2.05) is 49.2 Å². The predicted octanol–water partition coefficient (Wildman–Crippen LogP) is -0.467. The molecule has 11 nitrogen and oxygen atoms in total. The molecule has 0 aromatic carbocycles. The van der Waals surface area contributed by atoms with Gasteiger partial charge in [0.2, 0.25) is 0 Å². The van der Waals surface area contributed by atoms with Gasteiger partial charge in [0.25, 0.3) is 0 Å². The van der Waals surface area contributed by atoms with Crippen LogP contribution in [0.3, 0.4) is 0 Å². The standard InChI is InChI=1S/C13H31N3O.C9H22N2O2.C7H18N2O/c1-13(17)12-16(10-6-8-14(2)3)11-7-9-15(4)5;1-10(2)5-8-13-9-6-11(3)4-7-12;1-8(2)4-5-9(3)6-7-10/h13,17H,6-12H2,1-5H3;12H,4-9H2,1-3H3;10H,4-7H2,1-3H3. The molecule has 40 heavy (non-hydrogen) atoms. The summed E-state index contributed by atoms with van der Waals surface area (Å²) in [5.41, 5.74) is 0. The topological polar surface area (TPSA) is 92.6 Å². The molecule has 0 spiro atoms. The Kier molecular flexibility index (Phi) is 34.6. The predicted molar refractivity (Wildman–Crippen MR) is 172 cm³/mol. The molecular formula is C29H71N7O4. The van der Waals surface area contributed by atoms with Crippen molar-refractivity contribution in [2.75, 3.05) is 169 Å². The van der Waals surface area contributed by atoms with Gasteiger partial charge in [0, 0.05) is 45.8 Å². The number of hydrogen-bond acceptors (Lipinski definition) is 11. The minimum Gasteiger partial charge on any atom is -0.395 e. The van der Waals surface area contributed by atoms with Gasteiger partial charge in [-0.3, -0.25) is 0 Å². The Labute approximate surface area is 249 Å². The number of rotatable bonds is 23. The van der Waals surface area contributed by atoms with E-state index >= 15 is 0 Å². The second-order valence-corrected chi connectivity index (χ2v) is 11.7. The second kappa shape index (κ2) is 31.5. The van der Waals surface area contributed by atoms with Gasteiger partial charge in [-0.15, -0.1) is 0 Å². The molecule has 0 aliphatic rings. The van der Waals surface area contributed by atoms with Crippen LogP contribution in [0, 0.1) is 0 Å². The molecule has 3 N–H and O–H groups in total. The molecule has 1 unspecified atom stereocenters. The monoisotopic (exact) mass is 582 g/mol. The van der Waals surface area contributed by atoms with Crippen molar-refractivity contribution in [3.05, 3.63) is 0 Å². The zero-order valence-corrected chi connectivity index (χ0v) is 28.5. The molecule has 0 fully saturated rings. The third-order valence-corrected chi connectivity index (χ3v) is 5.87. The van der Waals surface area contributed by atoms with E-state index in [0.717, 1.165) is 85.2 Å².